The summed E-state index contributed by atoms with van der Waals surface area (Å²) in [4.78, 5) is 22.9. The van der Waals surface area contributed by atoms with Crippen LogP contribution < -0.4 is 10.1 Å². The van der Waals surface area contributed by atoms with E-state index < -0.39 is 11.5 Å². The summed E-state index contributed by atoms with van der Waals surface area (Å²) in [6, 6.07) is 7.69. The third-order valence-electron chi connectivity index (χ3n) is 3.62. The van der Waals surface area contributed by atoms with Gasteiger partial charge in [-0.1, -0.05) is 19.1 Å². The van der Waals surface area contributed by atoms with Crippen molar-refractivity contribution in [2.45, 2.75) is 45.1 Å². The number of methoxy groups -OCH3 is 1. The smallest absolute Gasteiger partial charge is 0.329 e. The number of benzene rings is 1. The monoisotopic (exact) mass is 293 g/mol. The van der Waals surface area contributed by atoms with Crippen molar-refractivity contribution in [1.29, 1.82) is 0 Å². The van der Waals surface area contributed by atoms with Gasteiger partial charge in [0, 0.05) is 6.42 Å². The Hall–Kier alpha value is -2.04. The van der Waals surface area contributed by atoms with Crippen molar-refractivity contribution >= 4 is 11.9 Å². The Bertz CT molecular complexity index is 484. The zero-order valence-electron chi connectivity index (χ0n) is 12.8. The average molecular weight is 293 g/mol. The summed E-state index contributed by atoms with van der Waals surface area (Å²) in [6.07, 6.45) is 2.12. The Morgan fingerprint density at radius 2 is 1.90 bits per heavy atom. The van der Waals surface area contributed by atoms with Crippen molar-refractivity contribution in [2.24, 2.45) is 0 Å². The lowest BCUT2D eigenvalue weighted by atomic mass is 9.98. The van der Waals surface area contributed by atoms with Gasteiger partial charge in [-0.15, -0.1) is 0 Å². The molecule has 0 aliphatic carbocycles. The van der Waals surface area contributed by atoms with Gasteiger partial charge < -0.3 is 15.2 Å². The summed E-state index contributed by atoms with van der Waals surface area (Å²) < 4.78 is 5.08. The fourth-order valence-electron chi connectivity index (χ4n) is 1.91. The third-order valence-corrected chi connectivity index (χ3v) is 3.62. The Labute approximate surface area is 125 Å². The maximum absolute atomic E-state index is 11.8. The van der Waals surface area contributed by atoms with E-state index in [2.05, 4.69) is 5.32 Å². The second-order valence-electron chi connectivity index (χ2n) is 5.24. The molecule has 0 bridgehead atoms. The minimum atomic E-state index is -1.18. The van der Waals surface area contributed by atoms with Crippen molar-refractivity contribution < 1.29 is 19.4 Å². The van der Waals surface area contributed by atoms with Gasteiger partial charge in [-0.2, -0.15) is 0 Å². The van der Waals surface area contributed by atoms with Crippen LogP contribution in [0.25, 0.3) is 0 Å². The van der Waals surface area contributed by atoms with Crippen LogP contribution in [0.15, 0.2) is 24.3 Å². The van der Waals surface area contributed by atoms with Gasteiger partial charge in [0.2, 0.25) is 5.91 Å². The first-order chi connectivity index (χ1) is 9.91. The molecule has 1 aromatic rings. The Balaban J connectivity index is 2.41. The van der Waals surface area contributed by atoms with Crippen LogP contribution in [0.2, 0.25) is 0 Å². The lowest BCUT2D eigenvalue weighted by Gasteiger charge is -2.24. The molecule has 0 spiro atoms. The van der Waals surface area contributed by atoms with E-state index in [4.69, 9.17) is 9.84 Å². The number of carboxylic acid groups (broad SMARTS) is 1. The van der Waals surface area contributed by atoms with Crippen LogP contribution in [0.4, 0.5) is 0 Å². The molecule has 0 saturated heterocycles. The number of hydrogen-bond acceptors (Lipinski definition) is 3. The minimum absolute atomic E-state index is 0.227. The number of amides is 1. The molecular weight excluding hydrogens is 270 g/mol. The molecule has 0 heterocycles. The number of aryl methyl sites for hydroxylation is 1. The number of aliphatic carboxylic acids is 1. The van der Waals surface area contributed by atoms with Gasteiger partial charge in [0.05, 0.1) is 7.11 Å². The molecule has 5 nitrogen and oxygen atoms in total. The zero-order chi connectivity index (χ0) is 15.9. The Morgan fingerprint density at radius 1 is 1.29 bits per heavy atom. The van der Waals surface area contributed by atoms with E-state index in [0.717, 1.165) is 17.7 Å². The minimum Gasteiger partial charge on any atom is -0.497 e. The number of hydrogen-bond donors (Lipinski definition) is 2. The van der Waals surface area contributed by atoms with Gasteiger partial charge in [0.25, 0.3) is 0 Å². The second kappa shape index (κ2) is 7.67. The van der Waals surface area contributed by atoms with E-state index in [1.807, 2.05) is 24.3 Å². The van der Waals surface area contributed by atoms with E-state index in [1.165, 1.54) is 6.92 Å². The van der Waals surface area contributed by atoms with Crippen LogP contribution in [0.5, 0.6) is 5.75 Å². The van der Waals surface area contributed by atoms with Crippen molar-refractivity contribution in [3.8, 4) is 5.75 Å². The molecule has 21 heavy (non-hydrogen) atoms. The predicted octanol–water partition coefficient (Wildman–Crippen LogP) is 2.39. The highest BCUT2D eigenvalue weighted by Gasteiger charge is 2.32. The highest BCUT2D eigenvalue weighted by molar-refractivity contribution is 5.86. The van der Waals surface area contributed by atoms with Gasteiger partial charge in [-0.05, 0) is 43.9 Å². The molecule has 5 heteroatoms. The lowest BCUT2D eigenvalue weighted by molar-refractivity contribution is -0.147. The van der Waals surface area contributed by atoms with Crippen molar-refractivity contribution in [3.63, 3.8) is 0 Å². The number of nitrogens with one attached hydrogen (secondary N) is 1. The molecule has 116 valence electrons. The van der Waals surface area contributed by atoms with Crippen LogP contribution in [0.1, 0.15) is 38.7 Å². The highest BCUT2D eigenvalue weighted by atomic mass is 16.5. The predicted molar refractivity (Wildman–Crippen MR) is 80.4 cm³/mol. The number of carbonyl (C=O) groups is 2. The molecule has 2 N–H and O–H groups in total. The molecule has 0 aromatic heterocycles. The molecule has 0 radical (unpaired) electrons. The van der Waals surface area contributed by atoms with Crippen LogP contribution in [-0.2, 0) is 16.0 Å². The van der Waals surface area contributed by atoms with Crippen LogP contribution in [0.3, 0.4) is 0 Å². The molecule has 1 rings (SSSR count). The molecule has 0 aliphatic heterocycles. The van der Waals surface area contributed by atoms with E-state index >= 15 is 0 Å². The second-order valence-corrected chi connectivity index (χ2v) is 5.24. The third kappa shape index (κ3) is 5.10. The molecule has 1 amide bonds. The topological polar surface area (TPSA) is 75.6 Å². The number of ether oxygens (including phenoxy) is 1. The maximum atomic E-state index is 11.8. The number of rotatable bonds is 8. The Kier molecular flexibility index (Phi) is 6.21. The zero-order valence-corrected chi connectivity index (χ0v) is 12.8. The van der Waals surface area contributed by atoms with E-state index in [9.17, 15) is 9.59 Å². The molecule has 0 saturated carbocycles. The summed E-state index contributed by atoms with van der Waals surface area (Å²) >= 11 is 0. The van der Waals surface area contributed by atoms with Gasteiger partial charge in [0.15, 0.2) is 0 Å². The lowest BCUT2D eigenvalue weighted by Crippen LogP contribution is -2.51. The molecule has 1 aromatic carbocycles. The maximum Gasteiger partial charge on any atom is 0.329 e. The summed E-state index contributed by atoms with van der Waals surface area (Å²) in [7, 11) is 1.62. The van der Waals surface area contributed by atoms with Gasteiger partial charge >= 0.3 is 5.97 Å². The summed E-state index contributed by atoms with van der Waals surface area (Å²) in [6.45, 7) is 3.27. The number of carbonyl (C=O) groups excluding carboxylic acids is 1. The summed E-state index contributed by atoms with van der Waals surface area (Å²) in [5.41, 5.74) is -0.0583. The molecular formula is C16H23NO4. The Morgan fingerprint density at radius 3 is 2.38 bits per heavy atom. The first-order valence-corrected chi connectivity index (χ1v) is 7.08. The van der Waals surface area contributed by atoms with E-state index in [-0.39, 0.29) is 5.91 Å². The molecule has 1 unspecified atom stereocenters. The van der Waals surface area contributed by atoms with Crippen LogP contribution >= 0.6 is 0 Å². The largest absolute Gasteiger partial charge is 0.497 e. The standard InChI is InChI=1S/C16H23NO4/c1-4-16(2,15(19)20)17-14(18)7-5-6-12-8-10-13(21-3)11-9-12/h8-11H,4-7H2,1-3H3,(H,17,18)(H,19,20). The first-order valence-electron chi connectivity index (χ1n) is 7.08. The molecule has 0 aliphatic rings. The van der Waals surface area contributed by atoms with Gasteiger partial charge in [-0.25, -0.2) is 4.79 Å². The average Bonchev–Trinajstić information content (AvgIpc) is 2.47. The summed E-state index contributed by atoms with van der Waals surface area (Å²) in [5.74, 6) is -0.430. The quantitative estimate of drug-likeness (QED) is 0.771. The fraction of sp³-hybridized carbons (Fsp3) is 0.500. The van der Waals surface area contributed by atoms with Gasteiger partial charge in [0.1, 0.15) is 11.3 Å². The SMILES string of the molecule is CCC(C)(NC(=O)CCCc1ccc(OC)cc1)C(=O)O. The highest BCUT2D eigenvalue weighted by Crippen LogP contribution is 2.14. The van der Waals surface area contributed by atoms with Crippen LogP contribution in [0, 0.1) is 0 Å². The molecule has 1 atom stereocenters. The fourth-order valence-corrected chi connectivity index (χ4v) is 1.91. The van der Waals surface area contributed by atoms with Crippen molar-refractivity contribution in [1.82, 2.24) is 5.32 Å². The molecule has 0 fully saturated rings. The van der Waals surface area contributed by atoms with E-state index in [1.54, 1.807) is 14.0 Å². The van der Waals surface area contributed by atoms with Crippen molar-refractivity contribution in [2.75, 3.05) is 7.11 Å². The summed E-state index contributed by atoms with van der Waals surface area (Å²) in [5, 5.41) is 11.7. The number of carboxylic acids is 1. The van der Waals surface area contributed by atoms with Crippen LogP contribution in [-0.4, -0.2) is 29.6 Å². The van der Waals surface area contributed by atoms with Crippen molar-refractivity contribution in [3.05, 3.63) is 29.8 Å². The first kappa shape index (κ1) is 17.0. The van der Waals surface area contributed by atoms with Gasteiger partial charge in [-0.3, -0.25) is 4.79 Å². The van der Waals surface area contributed by atoms with E-state index in [0.29, 0.717) is 19.3 Å². The normalized spacial score (nSPS) is 13.3.